The SMILES string of the molecule is C=CCCc1cc(F)c2c(F)c([C@@H]3CC[C@@H]4CC(CCCCCC)CCC4C3)ccc2c1. The summed E-state index contributed by atoms with van der Waals surface area (Å²) in [6, 6.07) is 7.33. The molecule has 0 amide bonds. The monoisotopic (exact) mass is 438 g/mol. The van der Waals surface area contributed by atoms with Crippen LogP contribution in [0.4, 0.5) is 8.78 Å². The van der Waals surface area contributed by atoms with Crippen LogP contribution >= 0.6 is 0 Å². The van der Waals surface area contributed by atoms with E-state index in [0.717, 1.165) is 54.6 Å². The van der Waals surface area contributed by atoms with Gasteiger partial charge >= 0.3 is 0 Å². The molecule has 0 aliphatic heterocycles. The average molecular weight is 439 g/mol. The van der Waals surface area contributed by atoms with Gasteiger partial charge in [-0.3, -0.25) is 0 Å². The number of allylic oxidation sites excluding steroid dienone is 1. The third-order valence-electron chi connectivity index (χ3n) is 8.36. The van der Waals surface area contributed by atoms with Gasteiger partial charge in [-0.2, -0.15) is 0 Å². The van der Waals surface area contributed by atoms with E-state index >= 15 is 4.39 Å². The lowest BCUT2D eigenvalue weighted by Crippen LogP contribution is -2.30. The topological polar surface area (TPSA) is 0 Å². The highest BCUT2D eigenvalue weighted by atomic mass is 19.1. The standard InChI is InChI=1S/C30H40F2/c1-3-5-7-8-10-21-11-12-24-20-25(14-13-23(24)17-21)27-16-15-26-18-22(9-6-4-2)19-28(31)29(26)30(27)32/h4,15-16,18-19,21,23-25H,2-3,5-14,17,20H2,1H3/t21?,23-,24?,25-/m1/s1. The zero-order chi connectivity index (χ0) is 22.5. The first kappa shape index (κ1) is 23.5. The predicted molar refractivity (Wildman–Crippen MR) is 132 cm³/mol. The highest BCUT2D eigenvalue weighted by Gasteiger charge is 2.36. The lowest BCUT2D eigenvalue weighted by atomic mass is 9.63. The minimum absolute atomic E-state index is 0.183. The maximum Gasteiger partial charge on any atom is 0.137 e. The molecule has 2 unspecified atom stereocenters. The fraction of sp³-hybridized carbons (Fsp3) is 0.600. The van der Waals surface area contributed by atoms with E-state index in [1.807, 2.05) is 24.3 Å². The fourth-order valence-corrected chi connectivity index (χ4v) is 6.57. The Labute approximate surface area is 193 Å². The van der Waals surface area contributed by atoms with Crippen molar-refractivity contribution in [1.82, 2.24) is 0 Å². The number of halogens is 2. The lowest BCUT2D eigenvalue weighted by Gasteiger charge is -2.42. The van der Waals surface area contributed by atoms with Gasteiger partial charge in [-0.15, -0.1) is 6.58 Å². The molecule has 2 saturated carbocycles. The summed E-state index contributed by atoms with van der Waals surface area (Å²) in [7, 11) is 0. The quantitative estimate of drug-likeness (QED) is 0.270. The molecule has 0 aromatic heterocycles. The van der Waals surface area contributed by atoms with Gasteiger partial charge in [0.15, 0.2) is 0 Å². The molecular weight excluding hydrogens is 398 g/mol. The highest BCUT2D eigenvalue weighted by Crippen LogP contribution is 2.49. The maximum absolute atomic E-state index is 15.5. The van der Waals surface area contributed by atoms with E-state index in [0.29, 0.717) is 5.39 Å². The van der Waals surface area contributed by atoms with Crippen LogP contribution < -0.4 is 0 Å². The molecule has 0 bridgehead atoms. The second-order valence-corrected chi connectivity index (χ2v) is 10.5. The summed E-state index contributed by atoms with van der Waals surface area (Å²) in [5, 5.41) is 0.866. The van der Waals surface area contributed by atoms with Gasteiger partial charge in [0.25, 0.3) is 0 Å². The molecule has 2 fully saturated rings. The number of rotatable bonds is 9. The Bertz CT molecular complexity index is 915. The average Bonchev–Trinajstić information content (AvgIpc) is 2.80. The summed E-state index contributed by atoms with van der Waals surface area (Å²) in [6.45, 7) is 6.01. The summed E-state index contributed by atoms with van der Waals surface area (Å²) in [4.78, 5) is 0. The number of benzene rings is 2. The molecule has 32 heavy (non-hydrogen) atoms. The van der Waals surface area contributed by atoms with Crippen LogP contribution in [-0.4, -0.2) is 0 Å². The van der Waals surface area contributed by atoms with Gasteiger partial charge in [-0.05, 0) is 91.2 Å². The van der Waals surface area contributed by atoms with Gasteiger partial charge in [-0.1, -0.05) is 69.7 Å². The molecule has 4 rings (SSSR count). The summed E-state index contributed by atoms with van der Waals surface area (Å²) < 4.78 is 30.4. The molecule has 4 atom stereocenters. The van der Waals surface area contributed by atoms with Crippen LogP contribution in [0.1, 0.15) is 101 Å². The summed E-state index contributed by atoms with van der Waals surface area (Å²) in [5.41, 5.74) is 1.66. The van der Waals surface area contributed by atoms with Crippen molar-refractivity contribution in [2.75, 3.05) is 0 Å². The van der Waals surface area contributed by atoms with Gasteiger partial charge in [-0.25, -0.2) is 8.78 Å². The second kappa shape index (κ2) is 10.9. The van der Waals surface area contributed by atoms with Gasteiger partial charge < -0.3 is 0 Å². The van der Waals surface area contributed by atoms with Crippen LogP contribution in [-0.2, 0) is 6.42 Å². The second-order valence-electron chi connectivity index (χ2n) is 10.5. The Morgan fingerprint density at radius 3 is 2.59 bits per heavy atom. The fourth-order valence-electron chi connectivity index (χ4n) is 6.57. The van der Waals surface area contributed by atoms with Crippen molar-refractivity contribution in [1.29, 1.82) is 0 Å². The van der Waals surface area contributed by atoms with E-state index in [1.54, 1.807) is 0 Å². The molecule has 0 heterocycles. The largest absolute Gasteiger partial charge is 0.206 e. The zero-order valence-corrected chi connectivity index (χ0v) is 19.9. The van der Waals surface area contributed by atoms with E-state index in [-0.39, 0.29) is 17.1 Å². The Hall–Kier alpha value is -1.70. The van der Waals surface area contributed by atoms with E-state index in [2.05, 4.69) is 13.5 Å². The van der Waals surface area contributed by atoms with Crippen molar-refractivity contribution in [2.45, 2.75) is 96.3 Å². The van der Waals surface area contributed by atoms with Crippen molar-refractivity contribution < 1.29 is 8.78 Å². The number of aryl methyl sites for hydroxylation is 1. The van der Waals surface area contributed by atoms with E-state index in [9.17, 15) is 4.39 Å². The third-order valence-corrected chi connectivity index (χ3v) is 8.36. The lowest BCUT2D eigenvalue weighted by molar-refractivity contribution is 0.112. The molecule has 0 nitrogen and oxygen atoms in total. The normalized spacial score (nSPS) is 25.6. The Morgan fingerprint density at radius 1 is 0.969 bits per heavy atom. The predicted octanol–water partition coefficient (Wildman–Crippen LogP) is 9.51. The Morgan fingerprint density at radius 2 is 1.78 bits per heavy atom. The van der Waals surface area contributed by atoms with E-state index < -0.39 is 5.82 Å². The Kier molecular flexibility index (Phi) is 8.02. The number of hydrogen-bond donors (Lipinski definition) is 0. The smallest absolute Gasteiger partial charge is 0.137 e. The third kappa shape index (κ3) is 5.26. The van der Waals surface area contributed by atoms with Gasteiger partial charge in [0.2, 0.25) is 0 Å². The van der Waals surface area contributed by atoms with Crippen LogP contribution in [0.15, 0.2) is 36.9 Å². The molecule has 0 saturated heterocycles. The van der Waals surface area contributed by atoms with Crippen molar-refractivity contribution in [3.05, 3.63) is 59.7 Å². The van der Waals surface area contributed by atoms with Crippen LogP contribution in [0.3, 0.4) is 0 Å². The summed E-state index contributed by atoms with van der Waals surface area (Å²) in [6.07, 6.45) is 17.6. The van der Waals surface area contributed by atoms with Crippen molar-refractivity contribution >= 4 is 10.8 Å². The molecule has 0 radical (unpaired) electrons. The van der Waals surface area contributed by atoms with E-state index in [1.165, 1.54) is 63.9 Å². The zero-order valence-electron chi connectivity index (χ0n) is 19.9. The molecule has 0 N–H and O–H groups in total. The number of hydrogen-bond acceptors (Lipinski definition) is 0. The van der Waals surface area contributed by atoms with Crippen molar-refractivity contribution in [3.63, 3.8) is 0 Å². The minimum atomic E-state index is -0.418. The molecule has 2 aliphatic rings. The summed E-state index contributed by atoms with van der Waals surface area (Å²) in [5.74, 6) is 1.96. The summed E-state index contributed by atoms with van der Waals surface area (Å²) >= 11 is 0. The molecule has 174 valence electrons. The first-order valence-electron chi connectivity index (χ1n) is 13.1. The van der Waals surface area contributed by atoms with E-state index in [4.69, 9.17) is 0 Å². The Balaban J connectivity index is 1.43. The van der Waals surface area contributed by atoms with Crippen molar-refractivity contribution in [3.8, 4) is 0 Å². The van der Waals surface area contributed by atoms with Gasteiger partial charge in [0.1, 0.15) is 11.6 Å². The van der Waals surface area contributed by atoms with Crippen molar-refractivity contribution in [2.24, 2.45) is 17.8 Å². The van der Waals surface area contributed by atoms with Crippen LogP contribution in [0.5, 0.6) is 0 Å². The van der Waals surface area contributed by atoms with Gasteiger partial charge in [0.05, 0.1) is 5.39 Å². The molecule has 2 heteroatoms. The van der Waals surface area contributed by atoms with Crippen LogP contribution in [0.2, 0.25) is 0 Å². The first-order chi connectivity index (χ1) is 15.6. The van der Waals surface area contributed by atoms with Crippen LogP contribution in [0.25, 0.3) is 10.8 Å². The molecular formula is C30H40F2. The molecule has 0 spiro atoms. The maximum atomic E-state index is 15.5. The van der Waals surface area contributed by atoms with Gasteiger partial charge in [0, 0.05) is 0 Å². The van der Waals surface area contributed by atoms with Crippen LogP contribution in [0, 0.1) is 29.4 Å². The number of unbranched alkanes of at least 4 members (excludes halogenated alkanes) is 3. The minimum Gasteiger partial charge on any atom is -0.206 e. The number of fused-ring (bicyclic) bond motifs is 2. The first-order valence-corrected chi connectivity index (χ1v) is 13.1. The molecule has 2 aromatic rings. The molecule has 2 aliphatic carbocycles. The highest BCUT2D eigenvalue weighted by molar-refractivity contribution is 5.85. The molecule has 2 aromatic carbocycles.